The minimum atomic E-state index is -0.832. The van der Waals surface area contributed by atoms with Gasteiger partial charge in [-0.3, -0.25) is 4.98 Å². The van der Waals surface area contributed by atoms with E-state index in [1.165, 1.54) is 4.70 Å². The summed E-state index contributed by atoms with van der Waals surface area (Å²) in [4.78, 5) is 17.1. The Morgan fingerprint density at radius 3 is 2.90 bits per heavy atom. The number of carbonyl (C=O) groups is 1. The molecule has 1 aromatic carbocycles. The molecule has 2 aromatic heterocycles. The van der Waals surface area contributed by atoms with E-state index in [-0.39, 0.29) is 0 Å². The number of nitrogens with two attached hydrogens (primary N) is 1. The van der Waals surface area contributed by atoms with Crippen LogP contribution in [0.4, 0.5) is 4.79 Å². The van der Waals surface area contributed by atoms with Crippen molar-refractivity contribution < 1.29 is 14.3 Å². The number of carbonyl (C=O) groups excluding carboxylic acids is 1. The molecular formula is C23H27N3O3S. The average molecular weight is 426 g/mol. The standard InChI is InChI=1S/C23H27N3O3S/c1-15(12-16-7-10-28-11-8-16)26-14-19-22(29-23(24)27)18(6-9-25-19)21-13-17-4-2-3-5-20(17)30-21/h2-6,9,13,15-16,26H,7-8,10-12,14H2,1H3,(H2,24,27). The van der Waals surface area contributed by atoms with Crippen LogP contribution in [0.25, 0.3) is 20.5 Å². The van der Waals surface area contributed by atoms with E-state index >= 15 is 0 Å². The molecule has 4 rings (SSSR count). The molecule has 7 heteroatoms. The van der Waals surface area contributed by atoms with Crippen LogP contribution in [0.1, 0.15) is 31.9 Å². The summed E-state index contributed by atoms with van der Waals surface area (Å²) in [5.74, 6) is 1.11. The molecule has 3 N–H and O–H groups in total. The number of ether oxygens (including phenoxy) is 2. The monoisotopic (exact) mass is 425 g/mol. The van der Waals surface area contributed by atoms with E-state index in [9.17, 15) is 4.79 Å². The lowest BCUT2D eigenvalue weighted by atomic mass is 9.93. The molecule has 0 saturated carbocycles. The van der Waals surface area contributed by atoms with Gasteiger partial charge in [-0.2, -0.15) is 0 Å². The van der Waals surface area contributed by atoms with Crippen LogP contribution in [0.2, 0.25) is 0 Å². The van der Waals surface area contributed by atoms with E-state index < -0.39 is 6.09 Å². The fourth-order valence-electron chi connectivity index (χ4n) is 3.98. The van der Waals surface area contributed by atoms with Crippen molar-refractivity contribution in [3.05, 3.63) is 48.3 Å². The maximum atomic E-state index is 11.6. The molecule has 1 aliphatic rings. The Kier molecular flexibility index (Phi) is 6.62. The summed E-state index contributed by atoms with van der Waals surface area (Å²) in [5.41, 5.74) is 6.89. The quantitative estimate of drug-likeness (QED) is 0.572. The highest BCUT2D eigenvalue weighted by molar-refractivity contribution is 7.22. The second-order valence-electron chi connectivity index (χ2n) is 7.78. The topological polar surface area (TPSA) is 86.5 Å². The number of thiophene rings is 1. The van der Waals surface area contributed by atoms with Crippen LogP contribution in [0, 0.1) is 5.92 Å². The average Bonchev–Trinajstić information content (AvgIpc) is 3.17. The van der Waals surface area contributed by atoms with Gasteiger partial charge in [0, 0.05) is 47.1 Å². The number of hydrogen-bond donors (Lipinski definition) is 2. The Bertz CT molecular complexity index is 981. The molecule has 3 aromatic rings. The van der Waals surface area contributed by atoms with Gasteiger partial charge in [0.15, 0.2) is 5.75 Å². The molecule has 1 aliphatic heterocycles. The van der Waals surface area contributed by atoms with Crippen molar-refractivity contribution in [3.63, 3.8) is 0 Å². The number of nitrogens with one attached hydrogen (secondary N) is 1. The summed E-state index contributed by atoms with van der Waals surface area (Å²) < 4.78 is 12.1. The fraction of sp³-hybridized carbons (Fsp3) is 0.391. The third-order valence-electron chi connectivity index (χ3n) is 5.52. The van der Waals surface area contributed by atoms with Gasteiger partial charge in [0.05, 0.1) is 5.69 Å². The van der Waals surface area contributed by atoms with Crippen molar-refractivity contribution in [2.45, 2.75) is 38.8 Å². The minimum absolute atomic E-state index is 0.323. The lowest BCUT2D eigenvalue weighted by molar-refractivity contribution is 0.0611. The molecule has 1 saturated heterocycles. The number of amides is 1. The Labute approximate surface area is 180 Å². The minimum Gasteiger partial charge on any atom is -0.408 e. The summed E-state index contributed by atoms with van der Waals surface area (Å²) >= 11 is 1.66. The van der Waals surface area contributed by atoms with Crippen LogP contribution in [-0.2, 0) is 11.3 Å². The summed E-state index contributed by atoms with van der Waals surface area (Å²) in [7, 11) is 0. The molecule has 0 bridgehead atoms. The maximum Gasteiger partial charge on any atom is 0.410 e. The van der Waals surface area contributed by atoms with E-state index in [1.807, 2.05) is 18.2 Å². The summed E-state index contributed by atoms with van der Waals surface area (Å²) in [6, 6.07) is 12.5. The van der Waals surface area contributed by atoms with Gasteiger partial charge in [-0.25, -0.2) is 4.79 Å². The van der Waals surface area contributed by atoms with Crippen molar-refractivity contribution in [1.29, 1.82) is 0 Å². The third-order valence-corrected chi connectivity index (χ3v) is 6.67. The van der Waals surface area contributed by atoms with Gasteiger partial charge < -0.3 is 20.5 Å². The number of hydrogen-bond acceptors (Lipinski definition) is 6. The zero-order chi connectivity index (χ0) is 20.9. The van der Waals surface area contributed by atoms with E-state index in [4.69, 9.17) is 15.2 Å². The zero-order valence-electron chi connectivity index (χ0n) is 17.1. The highest BCUT2D eigenvalue weighted by Gasteiger charge is 2.20. The Balaban J connectivity index is 1.55. The predicted molar refractivity (Wildman–Crippen MR) is 120 cm³/mol. The molecular weight excluding hydrogens is 398 g/mol. The van der Waals surface area contributed by atoms with Gasteiger partial charge in [-0.1, -0.05) is 18.2 Å². The van der Waals surface area contributed by atoms with Crippen LogP contribution < -0.4 is 15.8 Å². The van der Waals surface area contributed by atoms with Crippen molar-refractivity contribution in [2.75, 3.05) is 13.2 Å². The molecule has 1 fully saturated rings. The van der Waals surface area contributed by atoms with E-state index in [2.05, 4.69) is 35.4 Å². The second-order valence-corrected chi connectivity index (χ2v) is 8.86. The summed E-state index contributed by atoms with van der Waals surface area (Å²) in [6.07, 6.45) is 4.24. The van der Waals surface area contributed by atoms with Crippen molar-refractivity contribution >= 4 is 27.5 Å². The third kappa shape index (κ3) is 4.98. The van der Waals surface area contributed by atoms with Crippen molar-refractivity contribution in [1.82, 2.24) is 10.3 Å². The second kappa shape index (κ2) is 9.55. The molecule has 0 aliphatic carbocycles. The SMILES string of the molecule is CC(CC1CCOCC1)NCc1nccc(-c2cc3ccccc3s2)c1OC(N)=O. The van der Waals surface area contributed by atoms with Gasteiger partial charge >= 0.3 is 6.09 Å². The van der Waals surface area contributed by atoms with Crippen LogP contribution in [0.15, 0.2) is 42.6 Å². The fourth-order valence-corrected chi connectivity index (χ4v) is 5.06. The van der Waals surface area contributed by atoms with Crippen molar-refractivity contribution in [2.24, 2.45) is 11.7 Å². The van der Waals surface area contributed by atoms with Crippen LogP contribution >= 0.6 is 11.3 Å². The largest absolute Gasteiger partial charge is 0.410 e. The lowest BCUT2D eigenvalue weighted by Crippen LogP contribution is -2.30. The Morgan fingerprint density at radius 2 is 2.13 bits per heavy atom. The first-order valence-corrected chi connectivity index (χ1v) is 11.2. The first kappa shape index (κ1) is 20.8. The number of benzene rings is 1. The number of rotatable bonds is 7. The normalized spacial score (nSPS) is 15.9. The molecule has 158 valence electrons. The molecule has 6 nitrogen and oxygen atoms in total. The van der Waals surface area contributed by atoms with Gasteiger partial charge in [-0.05, 0) is 55.7 Å². The Morgan fingerprint density at radius 1 is 1.33 bits per heavy atom. The molecule has 3 heterocycles. The number of fused-ring (bicyclic) bond motifs is 1. The first-order valence-electron chi connectivity index (χ1n) is 10.4. The number of pyridine rings is 1. The summed E-state index contributed by atoms with van der Waals surface area (Å²) in [5, 5.41) is 4.69. The van der Waals surface area contributed by atoms with Crippen LogP contribution in [0.3, 0.4) is 0 Å². The Hall–Kier alpha value is -2.48. The zero-order valence-corrected chi connectivity index (χ0v) is 17.9. The van der Waals surface area contributed by atoms with Crippen LogP contribution in [-0.4, -0.2) is 30.3 Å². The van der Waals surface area contributed by atoms with Gasteiger partial charge in [0.25, 0.3) is 0 Å². The highest BCUT2D eigenvalue weighted by atomic mass is 32.1. The van der Waals surface area contributed by atoms with Crippen LogP contribution in [0.5, 0.6) is 5.75 Å². The van der Waals surface area contributed by atoms with Gasteiger partial charge in [0.1, 0.15) is 0 Å². The molecule has 1 unspecified atom stereocenters. The maximum absolute atomic E-state index is 11.6. The smallest absolute Gasteiger partial charge is 0.408 e. The van der Waals surface area contributed by atoms with Crippen molar-refractivity contribution in [3.8, 4) is 16.2 Å². The highest BCUT2D eigenvalue weighted by Crippen LogP contribution is 2.39. The molecule has 1 atom stereocenters. The number of nitrogens with zero attached hydrogens (tertiary/aromatic N) is 1. The van der Waals surface area contributed by atoms with E-state index in [0.29, 0.717) is 29.9 Å². The molecule has 0 radical (unpaired) electrons. The lowest BCUT2D eigenvalue weighted by Gasteiger charge is -2.25. The molecule has 0 spiro atoms. The number of aromatic nitrogens is 1. The van der Waals surface area contributed by atoms with Gasteiger partial charge in [-0.15, -0.1) is 11.3 Å². The number of primary amides is 1. The summed E-state index contributed by atoms with van der Waals surface area (Å²) in [6.45, 7) is 4.39. The predicted octanol–water partition coefficient (Wildman–Crippen LogP) is 4.72. The van der Waals surface area contributed by atoms with E-state index in [0.717, 1.165) is 48.3 Å². The van der Waals surface area contributed by atoms with Gasteiger partial charge in [0.2, 0.25) is 0 Å². The first-order chi connectivity index (χ1) is 14.6. The molecule has 30 heavy (non-hydrogen) atoms. The van der Waals surface area contributed by atoms with E-state index in [1.54, 1.807) is 17.5 Å². The molecule has 1 amide bonds.